The van der Waals surface area contributed by atoms with Gasteiger partial charge in [0.1, 0.15) is 0 Å². The third-order valence-corrected chi connectivity index (χ3v) is 5.09. The second-order valence-corrected chi connectivity index (χ2v) is 7.43. The summed E-state index contributed by atoms with van der Waals surface area (Å²) in [6, 6.07) is 18.5. The number of benzene rings is 2. The third kappa shape index (κ3) is 7.90. The van der Waals surface area contributed by atoms with Gasteiger partial charge in [-0.2, -0.15) is 0 Å². The van der Waals surface area contributed by atoms with E-state index in [4.69, 9.17) is 0 Å². The van der Waals surface area contributed by atoms with Crippen LogP contribution in [-0.2, 0) is 19.3 Å². The molecule has 0 aliphatic heterocycles. The van der Waals surface area contributed by atoms with Gasteiger partial charge in [-0.05, 0) is 54.4 Å². The van der Waals surface area contributed by atoms with E-state index < -0.39 is 0 Å². The SMILES string of the molecule is CCCCCCc1ccc(Cc2ccc(CCCCCC)cc2)cc1. The minimum Gasteiger partial charge on any atom is -0.0654 e. The van der Waals surface area contributed by atoms with E-state index in [9.17, 15) is 0 Å². The first kappa shape index (κ1) is 19.8. The maximum absolute atomic E-state index is 2.32. The number of hydrogen-bond donors (Lipinski definition) is 0. The second kappa shape index (κ2) is 11.9. The summed E-state index contributed by atoms with van der Waals surface area (Å²) in [5.74, 6) is 0. The van der Waals surface area contributed by atoms with E-state index in [0.29, 0.717) is 0 Å². The third-order valence-electron chi connectivity index (χ3n) is 5.09. The highest BCUT2D eigenvalue weighted by atomic mass is 14.1. The van der Waals surface area contributed by atoms with Gasteiger partial charge in [0.15, 0.2) is 0 Å². The van der Waals surface area contributed by atoms with Crippen LogP contribution < -0.4 is 0 Å². The topological polar surface area (TPSA) is 0 Å². The second-order valence-electron chi connectivity index (χ2n) is 7.43. The van der Waals surface area contributed by atoms with Crippen LogP contribution in [0.15, 0.2) is 48.5 Å². The maximum Gasteiger partial charge on any atom is -0.00258 e. The number of unbranched alkanes of at least 4 members (excludes halogenated alkanes) is 6. The van der Waals surface area contributed by atoms with E-state index in [2.05, 4.69) is 62.4 Å². The minimum absolute atomic E-state index is 1.05. The van der Waals surface area contributed by atoms with Crippen LogP contribution in [0.25, 0.3) is 0 Å². The average molecular weight is 337 g/mol. The van der Waals surface area contributed by atoms with Gasteiger partial charge in [-0.1, -0.05) is 101 Å². The van der Waals surface area contributed by atoms with Crippen LogP contribution in [0.3, 0.4) is 0 Å². The molecule has 0 aromatic heterocycles. The molecule has 2 aromatic carbocycles. The summed E-state index contributed by atoms with van der Waals surface area (Å²) in [5, 5.41) is 0. The molecule has 0 spiro atoms. The first-order valence-corrected chi connectivity index (χ1v) is 10.5. The molecule has 0 bridgehead atoms. The molecule has 0 atom stereocenters. The molecule has 2 aromatic rings. The molecular formula is C25H36. The van der Waals surface area contributed by atoms with Crippen LogP contribution in [-0.4, -0.2) is 0 Å². The molecular weight excluding hydrogens is 300 g/mol. The number of aryl methyl sites for hydroxylation is 2. The van der Waals surface area contributed by atoms with E-state index in [1.54, 1.807) is 0 Å². The van der Waals surface area contributed by atoms with Crippen molar-refractivity contribution in [1.29, 1.82) is 0 Å². The number of rotatable bonds is 12. The summed E-state index contributed by atoms with van der Waals surface area (Å²) < 4.78 is 0. The van der Waals surface area contributed by atoms with Crippen molar-refractivity contribution in [1.82, 2.24) is 0 Å². The molecule has 0 heteroatoms. The standard InChI is InChI=1S/C25H36/c1-3-5-7-9-11-22-13-17-24(18-14-22)21-25-19-15-23(16-20-25)12-10-8-6-4-2/h13-20H,3-12,21H2,1-2H3. The summed E-state index contributed by atoms with van der Waals surface area (Å²) in [7, 11) is 0. The van der Waals surface area contributed by atoms with Crippen LogP contribution in [0.2, 0.25) is 0 Å². The molecule has 0 unspecified atom stereocenters. The Hall–Kier alpha value is -1.56. The molecule has 0 nitrogen and oxygen atoms in total. The molecule has 0 radical (unpaired) electrons. The molecule has 0 saturated heterocycles. The van der Waals surface area contributed by atoms with Crippen molar-refractivity contribution in [3.63, 3.8) is 0 Å². The van der Waals surface area contributed by atoms with Gasteiger partial charge in [-0.25, -0.2) is 0 Å². The van der Waals surface area contributed by atoms with Crippen molar-refractivity contribution in [2.45, 2.75) is 84.5 Å². The first-order valence-electron chi connectivity index (χ1n) is 10.5. The van der Waals surface area contributed by atoms with Gasteiger partial charge in [0.2, 0.25) is 0 Å². The van der Waals surface area contributed by atoms with Crippen LogP contribution in [0.4, 0.5) is 0 Å². The first-order chi connectivity index (χ1) is 12.3. The molecule has 2 rings (SSSR count). The molecule has 0 heterocycles. The zero-order chi connectivity index (χ0) is 17.7. The van der Waals surface area contributed by atoms with E-state index >= 15 is 0 Å². The zero-order valence-corrected chi connectivity index (χ0v) is 16.4. The lowest BCUT2D eigenvalue weighted by Gasteiger charge is -2.06. The van der Waals surface area contributed by atoms with Crippen molar-refractivity contribution in [2.24, 2.45) is 0 Å². The highest BCUT2D eigenvalue weighted by Gasteiger charge is 2.00. The molecule has 0 N–H and O–H groups in total. The van der Waals surface area contributed by atoms with E-state index in [1.165, 1.54) is 86.5 Å². The average Bonchev–Trinajstić information content (AvgIpc) is 2.65. The summed E-state index contributed by atoms with van der Waals surface area (Å²) in [6.45, 7) is 4.54. The Morgan fingerprint density at radius 2 is 0.800 bits per heavy atom. The fourth-order valence-corrected chi connectivity index (χ4v) is 3.40. The summed E-state index contributed by atoms with van der Waals surface area (Å²) in [4.78, 5) is 0. The van der Waals surface area contributed by atoms with Crippen molar-refractivity contribution in [3.8, 4) is 0 Å². The summed E-state index contributed by atoms with van der Waals surface area (Å²) >= 11 is 0. The predicted molar refractivity (Wildman–Crippen MR) is 111 cm³/mol. The summed E-state index contributed by atoms with van der Waals surface area (Å²) in [5.41, 5.74) is 5.82. The molecule has 25 heavy (non-hydrogen) atoms. The normalized spacial score (nSPS) is 11.0. The van der Waals surface area contributed by atoms with Crippen molar-refractivity contribution < 1.29 is 0 Å². The van der Waals surface area contributed by atoms with E-state index in [0.717, 1.165) is 6.42 Å². The van der Waals surface area contributed by atoms with Gasteiger partial charge in [-0.15, -0.1) is 0 Å². The fourth-order valence-electron chi connectivity index (χ4n) is 3.40. The van der Waals surface area contributed by atoms with Crippen molar-refractivity contribution >= 4 is 0 Å². The van der Waals surface area contributed by atoms with Crippen molar-refractivity contribution in [2.75, 3.05) is 0 Å². The molecule has 0 aliphatic carbocycles. The van der Waals surface area contributed by atoms with E-state index in [1.807, 2.05) is 0 Å². The van der Waals surface area contributed by atoms with Crippen LogP contribution in [0.1, 0.15) is 87.5 Å². The number of hydrogen-bond acceptors (Lipinski definition) is 0. The Kier molecular flexibility index (Phi) is 9.41. The molecule has 0 saturated carbocycles. The molecule has 0 fully saturated rings. The lowest BCUT2D eigenvalue weighted by Crippen LogP contribution is -1.92. The minimum atomic E-state index is 1.05. The van der Waals surface area contributed by atoms with Gasteiger partial charge in [0, 0.05) is 0 Å². The molecule has 136 valence electrons. The zero-order valence-electron chi connectivity index (χ0n) is 16.4. The summed E-state index contributed by atoms with van der Waals surface area (Å²) in [6.07, 6.45) is 14.3. The Morgan fingerprint density at radius 1 is 0.440 bits per heavy atom. The highest BCUT2D eigenvalue weighted by Crippen LogP contribution is 2.15. The monoisotopic (exact) mass is 336 g/mol. The Morgan fingerprint density at radius 3 is 1.16 bits per heavy atom. The Labute approximate surface area is 155 Å². The van der Waals surface area contributed by atoms with Crippen LogP contribution in [0.5, 0.6) is 0 Å². The van der Waals surface area contributed by atoms with Gasteiger partial charge in [0.05, 0.1) is 0 Å². The highest BCUT2D eigenvalue weighted by molar-refractivity contribution is 5.30. The quantitative estimate of drug-likeness (QED) is 0.351. The smallest absolute Gasteiger partial charge is 0.00258 e. The van der Waals surface area contributed by atoms with Crippen LogP contribution >= 0.6 is 0 Å². The van der Waals surface area contributed by atoms with Crippen LogP contribution in [0, 0.1) is 0 Å². The van der Waals surface area contributed by atoms with Gasteiger partial charge >= 0.3 is 0 Å². The maximum atomic E-state index is 2.32. The van der Waals surface area contributed by atoms with Gasteiger partial charge < -0.3 is 0 Å². The van der Waals surface area contributed by atoms with E-state index in [-0.39, 0.29) is 0 Å². The lowest BCUT2D eigenvalue weighted by atomic mass is 9.99. The largest absolute Gasteiger partial charge is 0.0654 e. The lowest BCUT2D eigenvalue weighted by molar-refractivity contribution is 0.666. The Balaban J connectivity index is 1.77. The Bertz CT molecular complexity index is 508. The van der Waals surface area contributed by atoms with Crippen molar-refractivity contribution in [3.05, 3.63) is 70.8 Å². The fraction of sp³-hybridized carbons (Fsp3) is 0.520. The van der Waals surface area contributed by atoms with Gasteiger partial charge in [-0.3, -0.25) is 0 Å². The molecule has 0 aliphatic rings. The molecule has 0 amide bonds. The van der Waals surface area contributed by atoms with Gasteiger partial charge in [0.25, 0.3) is 0 Å². The predicted octanol–water partition coefficient (Wildman–Crippen LogP) is 7.52.